The first-order valence-electron chi connectivity index (χ1n) is 5.02. The highest BCUT2D eigenvalue weighted by Crippen LogP contribution is 2.22. The first-order valence-corrected chi connectivity index (χ1v) is 7.29. The summed E-state index contributed by atoms with van der Waals surface area (Å²) in [5.41, 5.74) is 6.78. The Hall–Kier alpha value is -1.38. The number of sulfonamides is 1. The van der Waals surface area contributed by atoms with Gasteiger partial charge in [0.05, 0.1) is 17.1 Å². The van der Waals surface area contributed by atoms with Gasteiger partial charge >= 0.3 is 0 Å². The topological polar surface area (TPSA) is 101 Å². The molecule has 0 spiro atoms. The van der Waals surface area contributed by atoms with E-state index in [4.69, 9.17) is 5.73 Å². The molecule has 0 saturated carbocycles. The zero-order valence-corrected chi connectivity index (χ0v) is 11.6. The Bertz CT molecular complexity index is 640. The predicted molar refractivity (Wildman–Crippen MR) is 71.2 cm³/mol. The summed E-state index contributed by atoms with van der Waals surface area (Å²) in [5, 5.41) is 6.41. The molecule has 0 amide bonds. The number of rotatable bonds is 4. The lowest BCUT2D eigenvalue weighted by atomic mass is 10.3. The normalized spacial score (nSPS) is 11.6. The van der Waals surface area contributed by atoms with Gasteiger partial charge in [-0.1, -0.05) is 0 Å². The molecule has 0 radical (unpaired) electrons. The molecule has 1 aromatic carbocycles. The van der Waals surface area contributed by atoms with Crippen molar-refractivity contribution in [2.45, 2.75) is 11.4 Å². The Kier molecular flexibility index (Phi) is 3.69. The van der Waals surface area contributed by atoms with E-state index in [1.165, 1.54) is 18.2 Å². The van der Waals surface area contributed by atoms with Gasteiger partial charge in [0.15, 0.2) is 0 Å². The van der Waals surface area contributed by atoms with E-state index in [-0.39, 0.29) is 11.4 Å². The van der Waals surface area contributed by atoms with E-state index in [9.17, 15) is 8.42 Å². The third kappa shape index (κ3) is 2.89. The Balaban J connectivity index is 2.17. The van der Waals surface area contributed by atoms with Gasteiger partial charge in [0.2, 0.25) is 10.0 Å². The van der Waals surface area contributed by atoms with Crippen LogP contribution >= 0.6 is 15.9 Å². The maximum absolute atomic E-state index is 12.0. The zero-order valence-electron chi connectivity index (χ0n) is 9.22. The molecule has 2 rings (SSSR count). The molecule has 0 unspecified atom stereocenters. The minimum Gasteiger partial charge on any atom is -0.398 e. The van der Waals surface area contributed by atoms with Crippen LogP contribution in [0.15, 0.2) is 39.8 Å². The van der Waals surface area contributed by atoms with Gasteiger partial charge in [0.1, 0.15) is 0 Å². The number of aromatic nitrogens is 2. The van der Waals surface area contributed by atoms with E-state index in [0.717, 1.165) is 0 Å². The van der Waals surface area contributed by atoms with Crippen molar-refractivity contribution in [2.75, 3.05) is 5.73 Å². The summed E-state index contributed by atoms with van der Waals surface area (Å²) in [7, 11) is -3.56. The molecule has 8 heteroatoms. The molecule has 18 heavy (non-hydrogen) atoms. The summed E-state index contributed by atoms with van der Waals surface area (Å²) < 4.78 is 27.0. The molecule has 0 atom stereocenters. The van der Waals surface area contributed by atoms with Crippen LogP contribution in [0, 0.1) is 0 Å². The summed E-state index contributed by atoms with van der Waals surface area (Å²) in [5.74, 6) is 0. The number of halogens is 1. The first-order chi connectivity index (χ1) is 8.49. The number of hydrogen-bond acceptors (Lipinski definition) is 4. The highest BCUT2D eigenvalue weighted by Gasteiger charge is 2.14. The lowest BCUT2D eigenvalue weighted by molar-refractivity contribution is 0.580. The molecule has 4 N–H and O–H groups in total. The Morgan fingerprint density at radius 1 is 1.39 bits per heavy atom. The van der Waals surface area contributed by atoms with Crippen molar-refractivity contribution >= 4 is 31.6 Å². The Morgan fingerprint density at radius 2 is 2.17 bits per heavy atom. The van der Waals surface area contributed by atoms with Gasteiger partial charge in [0, 0.05) is 16.4 Å². The van der Waals surface area contributed by atoms with Crippen molar-refractivity contribution in [3.63, 3.8) is 0 Å². The van der Waals surface area contributed by atoms with Gasteiger partial charge in [-0.05, 0) is 40.2 Å². The van der Waals surface area contributed by atoms with Gasteiger partial charge in [-0.25, -0.2) is 13.1 Å². The van der Waals surface area contributed by atoms with Crippen LogP contribution in [0.4, 0.5) is 5.69 Å². The molecule has 0 aliphatic rings. The van der Waals surface area contributed by atoms with Gasteiger partial charge in [-0.15, -0.1) is 0 Å². The Labute approximate surface area is 113 Å². The number of hydrogen-bond donors (Lipinski definition) is 3. The molecule has 1 aromatic heterocycles. The van der Waals surface area contributed by atoms with Crippen molar-refractivity contribution < 1.29 is 8.42 Å². The number of H-pyrrole nitrogens is 1. The average Bonchev–Trinajstić information content (AvgIpc) is 2.83. The number of benzene rings is 1. The fraction of sp³-hybridized carbons (Fsp3) is 0.100. The van der Waals surface area contributed by atoms with Crippen LogP contribution in [0.1, 0.15) is 5.69 Å². The van der Waals surface area contributed by atoms with Gasteiger partial charge in [-0.2, -0.15) is 5.10 Å². The Morgan fingerprint density at radius 3 is 2.78 bits per heavy atom. The van der Waals surface area contributed by atoms with Crippen LogP contribution in [0.25, 0.3) is 0 Å². The molecule has 0 fully saturated rings. The standard InChI is InChI=1S/C10H11BrN4O2S/c11-9-5-8(1-2-10(9)12)18(16,17)14-6-7-3-4-13-15-7/h1-5,14H,6,12H2,(H,13,15). The molecule has 0 saturated heterocycles. The van der Waals surface area contributed by atoms with Crippen molar-refractivity contribution in [3.05, 3.63) is 40.6 Å². The van der Waals surface area contributed by atoms with Crippen LogP contribution in [0.2, 0.25) is 0 Å². The van der Waals surface area contributed by atoms with Gasteiger partial charge in [0.25, 0.3) is 0 Å². The third-order valence-corrected chi connectivity index (χ3v) is 4.38. The molecule has 0 bridgehead atoms. The van der Waals surface area contributed by atoms with Crippen LogP contribution < -0.4 is 10.5 Å². The number of anilines is 1. The van der Waals surface area contributed by atoms with Crippen molar-refractivity contribution in [1.29, 1.82) is 0 Å². The molecule has 2 aromatic rings. The fourth-order valence-electron chi connectivity index (χ4n) is 1.31. The molecular formula is C10H11BrN4O2S. The maximum atomic E-state index is 12.0. The maximum Gasteiger partial charge on any atom is 0.240 e. The quantitative estimate of drug-likeness (QED) is 0.734. The molecule has 1 heterocycles. The van der Waals surface area contributed by atoms with Gasteiger partial charge in [-0.3, -0.25) is 5.10 Å². The minimum atomic E-state index is -3.56. The first kappa shape index (κ1) is 13.1. The summed E-state index contributed by atoms with van der Waals surface area (Å²) in [6.45, 7) is 0.157. The molecule has 0 aliphatic heterocycles. The number of nitrogens with zero attached hydrogens (tertiary/aromatic N) is 1. The van der Waals surface area contributed by atoms with Crippen molar-refractivity contribution in [3.8, 4) is 0 Å². The largest absolute Gasteiger partial charge is 0.398 e. The summed E-state index contributed by atoms with van der Waals surface area (Å²) in [6, 6.07) is 6.15. The van der Waals surface area contributed by atoms with E-state index in [0.29, 0.717) is 15.9 Å². The monoisotopic (exact) mass is 330 g/mol. The van der Waals surface area contributed by atoms with Gasteiger partial charge < -0.3 is 5.73 Å². The number of nitrogen functional groups attached to an aromatic ring is 1. The zero-order chi connectivity index (χ0) is 13.2. The lowest BCUT2D eigenvalue weighted by Gasteiger charge is -2.07. The van der Waals surface area contributed by atoms with E-state index < -0.39 is 10.0 Å². The lowest BCUT2D eigenvalue weighted by Crippen LogP contribution is -2.23. The summed E-state index contributed by atoms with van der Waals surface area (Å²) in [6.07, 6.45) is 1.56. The van der Waals surface area contributed by atoms with Crippen LogP contribution in [0.3, 0.4) is 0 Å². The number of nitrogens with one attached hydrogen (secondary N) is 2. The molecule has 6 nitrogen and oxygen atoms in total. The second kappa shape index (κ2) is 5.09. The minimum absolute atomic E-state index is 0.156. The second-order valence-electron chi connectivity index (χ2n) is 3.59. The van der Waals surface area contributed by atoms with E-state index in [2.05, 4.69) is 30.8 Å². The van der Waals surface area contributed by atoms with Crippen molar-refractivity contribution in [1.82, 2.24) is 14.9 Å². The summed E-state index contributed by atoms with van der Waals surface area (Å²) in [4.78, 5) is 0.156. The van der Waals surface area contributed by atoms with E-state index >= 15 is 0 Å². The highest BCUT2D eigenvalue weighted by atomic mass is 79.9. The van der Waals surface area contributed by atoms with E-state index in [1.54, 1.807) is 12.3 Å². The predicted octanol–water partition coefficient (Wildman–Crippen LogP) is 1.23. The third-order valence-electron chi connectivity index (χ3n) is 2.29. The molecule has 96 valence electrons. The summed E-state index contributed by atoms with van der Waals surface area (Å²) >= 11 is 3.19. The molecule has 0 aliphatic carbocycles. The molecular weight excluding hydrogens is 320 g/mol. The SMILES string of the molecule is Nc1ccc(S(=O)(=O)NCc2ccn[nH]2)cc1Br. The number of aromatic amines is 1. The number of nitrogens with two attached hydrogens (primary N) is 1. The smallest absolute Gasteiger partial charge is 0.240 e. The fourth-order valence-corrected chi connectivity index (χ4v) is 2.88. The van der Waals surface area contributed by atoms with Crippen LogP contribution in [-0.2, 0) is 16.6 Å². The van der Waals surface area contributed by atoms with E-state index in [1.807, 2.05) is 0 Å². The van der Waals surface area contributed by atoms with Crippen LogP contribution in [-0.4, -0.2) is 18.6 Å². The average molecular weight is 331 g/mol. The van der Waals surface area contributed by atoms with Crippen molar-refractivity contribution in [2.24, 2.45) is 0 Å². The highest BCUT2D eigenvalue weighted by molar-refractivity contribution is 9.10. The van der Waals surface area contributed by atoms with Crippen LogP contribution in [0.5, 0.6) is 0 Å². The second-order valence-corrected chi connectivity index (χ2v) is 6.21.